The SMILES string of the molecule is CCNCCNC(=O)/C=C/c1cccnc1. The van der Waals surface area contributed by atoms with Crippen LogP contribution in [0.5, 0.6) is 0 Å². The Morgan fingerprint density at radius 2 is 2.38 bits per heavy atom. The second kappa shape index (κ2) is 7.59. The van der Waals surface area contributed by atoms with E-state index in [1.54, 1.807) is 18.5 Å². The highest BCUT2D eigenvalue weighted by molar-refractivity contribution is 5.91. The van der Waals surface area contributed by atoms with Gasteiger partial charge in [-0.3, -0.25) is 9.78 Å². The van der Waals surface area contributed by atoms with Gasteiger partial charge in [-0.2, -0.15) is 0 Å². The van der Waals surface area contributed by atoms with Crippen LogP contribution in [0.1, 0.15) is 12.5 Å². The van der Waals surface area contributed by atoms with Crippen LogP contribution in [0.4, 0.5) is 0 Å². The van der Waals surface area contributed by atoms with Crippen molar-refractivity contribution in [2.45, 2.75) is 6.92 Å². The van der Waals surface area contributed by atoms with E-state index in [9.17, 15) is 4.79 Å². The molecule has 0 radical (unpaired) electrons. The van der Waals surface area contributed by atoms with Crippen molar-refractivity contribution < 1.29 is 4.79 Å². The maximum absolute atomic E-state index is 11.3. The fourth-order valence-electron chi connectivity index (χ4n) is 1.16. The highest BCUT2D eigenvalue weighted by atomic mass is 16.1. The fraction of sp³-hybridized carbons (Fsp3) is 0.333. The molecule has 0 fully saturated rings. The predicted octanol–water partition coefficient (Wildman–Crippen LogP) is 0.820. The average molecular weight is 219 g/mol. The van der Waals surface area contributed by atoms with Gasteiger partial charge in [0.1, 0.15) is 0 Å². The van der Waals surface area contributed by atoms with Gasteiger partial charge in [0.15, 0.2) is 0 Å². The summed E-state index contributed by atoms with van der Waals surface area (Å²) in [6, 6.07) is 3.73. The van der Waals surface area contributed by atoms with Crippen molar-refractivity contribution in [1.82, 2.24) is 15.6 Å². The minimum atomic E-state index is -0.0817. The summed E-state index contributed by atoms with van der Waals surface area (Å²) in [6.07, 6.45) is 6.68. The van der Waals surface area contributed by atoms with Gasteiger partial charge in [0.2, 0.25) is 5.91 Å². The standard InChI is InChI=1S/C12H17N3O/c1-2-13-8-9-15-12(16)6-5-11-4-3-7-14-10-11/h3-7,10,13H,2,8-9H2,1H3,(H,15,16)/b6-5+. The molecule has 1 rings (SSSR count). The van der Waals surface area contributed by atoms with E-state index in [0.717, 1.165) is 18.7 Å². The second-order valence-electron chi connectivity index (χ2n) is 3.26. The molecule has 0 saturated carbocycles. The van der Waals surface area contributed by atoms with Gasteiger partial charge >= 0.3 is 0 Å². The monoisotopic (exact) mass is 219 g/mol. The molecule has 0 spiro atoms. The number of nitrogens with zero attached hydrogens (tertiary/aromatic N) is 1. The number of likely N-dealkylation sites (N-methyl/N-ethyl adjacent to an activating group) is 1. The maximum atomic E-state index is 11.3. The van der Waals surface area contributed by atoms with Crippen molar-refractivity contribution in [3.63, 3.8) is 0 Å². The Labute approximate surface area is 95.8 Å². The van der Waals surface area contributed by atoms with Gasteiger partial charge in [-0.05, 0) is 24.3 Å². The third kappa shape index (κ3) is 5.26. The largest absolute Gasteiger partial charge is 0.351 e. The van der Waals surface area contributed by atoms with Crippen molar-refractivity contribution in [3.8, 4) is 0 Å². The molecule has 16 heavy (non-hydrogen) atoms. The van der Waals surface area contributed by atoms with Crippen molar-refractivity contribution in [2.75, 3.05) is 19.6 Å². The lowest BCUT2D eigenvalue weighted by Crippen LogP contribution is -2.30. The van der Waals surface area contributed by atoms with E-state index in [-0.39, 0.29) is 5.91 Å². The van der Waals surface area contributed by atoms with Crippen LogP contribution in [0.3, 0.4) is 0 Å². The third-order valence-corrected chi connectivity index (χ3v) is 1.96. The molecular formula is C12H17N3O. The quantitative estimate of drug-likeness (QED) is 0.550. The zero-order chi connectivity index (χ0) is 11.6. The van der Waals surface area contributed by atoms with Crippen molar-refractivity contribution in [2.24, 2.45) is 0 Å². The van der Waals surface area contributed by atoms with Crippen molar-refractivity contribution in [3.05, 3.63) is 36.2 Å². The first kappa shape index (κ1) is 12.4. The smallest absolute Gasteiger partial charge is 0.244 e. The van der Waals surface area contributed by atoms with Crippen LogP contribution >= 0.6 is 0 Å². The van der Waals surface area contributed by atoms with Gasteiger partial charge in [0.05, 0.1) is 0 Å². The van der Waals surface area contributed by atoms with Gasteiger partial charge in [-0.1, -0.05) is 13.0 Å². The Hall–Kier alpha value is -1.68. The molecule has 0 atom stereocenters. The highest BCUT2D eigenvalue weighted by Crippen LogP contribution is 1.97. The molecule has 86 valence electrons. The number of carbonyl (C=O) groups excluding carboxylic acids is 1. The molecule has 0 bridgehead atoms. The maximum Gasteiger partial charge on any atom is 0.244 e. The number of pyridine rings is 1. The van der Waals surface area contributed by atoms with E-state index >= 15 is 0 Å². The molecule has 1 aromatic heterocycles. The first-order valence-electron chi connectivity index (χ1n) is 5.39. The van der Waals surface area contributed by atoms with E-state index in [0.29, 0.717) is 6.54 Å². The van der Waals surface area contributed by atoms with Crippen LogP contribution in [0.25, 0.3) is 6.08 Å². The van der Waals surface area contributed by atoms with Crippen LogP contribution in [-0.2, 0) is 4.79 Å². The summed E-state index contributed by atoms with van der Waals surface area (Å²) in [6.45, 7) is 4.39. The zero-order valence-corrected chi connectivity index (χ0v) is 9.44. The molecule has 0 saturated heterocycles. The summed E-state index contributed by atoms with van der Waals surface area (Å²) in [7, 11) is 0. The summed E-state index contributed by atoms with van der Waals surface area (Å²) in [4.78, 5) is 15.3. The van der Waals surface area contributed by atoms with Crippen LogP contribution in [0.15, 0.2) is 30.6 Å². The van der Waals surface area contributed by atoms with Gasteiger partial charge in [-0.25, -0.2) is 0 Å². The summed E-state index contributed by atoms with van der Waals surface area (Å²) in [5.74, 6) is -0.0817. The van der Waals surface area contributed by atoms with E-state index in [1.807, 2.05) is 19.1 Å². The summed E-state index contributed by atoms with van der Waals surface area (Å²) < 4.78 is 0. The summed E-state index contributed by atoms with van der Waals surface area (Å²) in [5, 5.41) is 5.91. The molecule has 0 aliphatic carbocycles. The number of amides is 1. The normalized spacial score (nSPS) is 10.6. The molecular weight excluding hydrogens is 202 g/mol. The minimum absolute atomic E-state index is 0.0817. The lowest BCUT2D eigenvalue weighted by Gasteiger charge is -2.01. The number of aromatic nitrogens is 1. The molecule has 4 heteroatoms. The van der Waals surface area contributed by atoms with Crippen molar-refractivity contribution in [1.29, 1.82) is 0 Å². The first-order valence-corrected chi connectivity index (χ1v) is 5.39. The molecule has 0 aliphatic rings. The van der Waals surface area contributed by atoms with Crippen LogP contribution in [0, 0.1) is 0 Å². The van der Waals surface area contributed by atoms with E-state index in [1.165, 1.54) is 6.08 Å². The van der Waals surface area contributed by atoms with Gasteiger partial charge in [0.25, 0.3) is 0 Å². The predicted molar refractivity (Wildman–Crippen MR) is 64.8 cm³/mol. The Morgan fingerprint density at radius 3 is 3.06 bits per heavy atom. The number of nitrogens with one attached hydrogen (secondary N) is 2. The van der Waals surface area contributed by atoms with Gasteiger partial charge < -0.3 is 10.6 Å². The summed E-state index contributed by atoms with van der Waals surface area (Å²) >= 11 is 0. The van der Waals surface area contributed by atoms with Crippen molar-refractivity contribution >= 4 is 12.0 Å². The number of hydrogen-bond donors (Lipinski definition) is 2. The van der Waals surface area contributed by atoms with E-state index in [4.69, 9.17) is 0 Å². The van der Waals surface area contributed by atoms with E-state index < -0.39 is 0 Å². The molecule has 4 nitrogen and oxygen atoms in total. The second-order valence-corrected chi connectivity index (χ2v) is 3.26. The molecule has 1 amide bonds. The van der Waals surface area contributed by atoms with Gasteiger partial charge in [0, 0.05) is 31.6 Å². The fourth-order valence-corrected chi connectivity index (χ4v) is 1.16. The molecule has 0 aromatic carbocycles. The average Bonchev–Trinajstić information content (AvgIpc) is 2.33. The number of rotatable bonds is 6. The number of carbonyl (C=O) groups is 1. The lowest BCUT2D eigenvalue weighted by atomic mass is 10.2. The van der Waals surface area contributed by atoms with Crippen LogP contribution in [-0.4, -0.2) is 30.5 Å². The zero-order valence-electron chi connectivity index (χ0n) is 9.44. The first-order chi connectivity index (χ1) is 7.83. The Balaban J connectivity index is 2.26. The lowest BCUT2D eigenvalue weighted by molar-refractivity contribution is -0.116. The van der Waals surface area contributed by atoms with Crippen LogP contribution in [0.2, 0.25) is 0 Å². The molecule has 0 aliphatic heterocycles. The van der Waals surface area contributed by atoms with E-state index in [2.05, 4.69) is 15.6 Å². The topological polar surface area (TPSA) is 54.0 Å². The molecule has 0 unspecified atom stereocenters. The third-order valence-electron chi connectivity index (χ3n) is 1.96. The highest BCUT2D eigenvalue weighted by Gasteiger charge is 1.93. The summed E-state index contributed by atoms with van der Waals surface area (Å²) in [5.41, 5.74) is 0.921. The Morgan fingerprint density at radius 1 is 1.50 bits per heavy atom. The Kier molecular flexibility index (Phi) is 5.88. The molecule has 1 heterocycles. The minimum Gasteiger partial charge on any atom is -0.351 e. The van der Waals surface area contributed by atoms with Gasteiger partial charge in [-0.15, -0.1) is 0 Å². The molecule has 2 N–H and O–H groups in total. The number of hydrogen-bond acceptors (Lipinski definition) is 3. The molecule has 1 aromatic rings. The Bertz CT molecular complexity index is 335. The van der Waals surface area contributed by atoms with Crippen LogP contribution < -0.4 is 10.6 Å².